The van der Waals surface area contributed by atoms with Gasteiger partial charge < -0.3 is 4.74 Å². The maximum absolute atomic E-state index is 5.65. The standard InChI is InChI=1S/C9H7ClO/c1-2-7-11-9-5-3-8(10)4-6-9/h3-7H,1H2. The van der Waals surface area contributed by atoms with Gasteiger partial charge in [-0.2, -0.15) is 0 Å². The lowest BCUT2D eigenvalue weighted by Gasteiger charge is -1.96. The van der Waals surface area contributed by atoms with E-state index in [4.69, 9.17) is 16.3 Å². The summed E-state index contributed by atoms with van der Waals surface area (Å²) < 4.78 is 5.05. The first-order valence-corrected chi connectivity index (χ1v) is 3.47. The fraction of sp³-hybridized carbons (Fsp3) is 0. The summed E-state index contributed by atoms with van der Waals surface area (Å²) in [5.74, 6) is 0.727. The van der Waals surface area contributed by atoms with Gasteiger partial charge in [0.15, 0.2) is 0 Å². The monoisotopic (exact) mass is 166 g/mol. The minimum atomic E-state index is 0.694. The Balaban J connectivity index is 2.73. The fourth-order valence-corrected chi connectivity index (χ4v) is 0.749. The molecule has 2 heteroatoms. The molecule has 1 aromatic carbocycles. The van der Waals surface area contributed by atoms with Crippen LogP contribution in [0.15, 0.2) is 42.8 Å². The van der Waals surface area contributed by atoms with Crippen molar-refractivity contribution in [3.8, 4) is 5.75 Å². The predicted octanol–water partition coefficient (Wildman–Crippen LogP) is 3.02. The molecule has 0 spiro atoms. The van der Waals surface area contributed by atoms with Crippen LogP contribution in [0.1, 0.15) is 0 Å². The average Bonchev–Trinajstić information content (AvgIpc) is 2.04. The summed E-state index contributed by atoms with van der Waals surface area (Å²) in [6, 6.07) is 7.06. The Morgan fingerprint density at radius 2 is 2.00 bits per heavy atom. The van der Waals surface area contributed by atoms with Crippen LogP contribution in [0.2, 0.25) is 5.02 Å². The molecule has 56 valence electrons. The van der Waals surface area contributed by atoms with Crippen LogP contribution in [0.5, 0.6) is 5.75 Å². The molecule has 0 aliphatic rings. The largest absolute Gasteiger partial charge is 0.457 e. The first kappa shape index (κ1) is 7.93. The summed E-state index contributed by atoms with van der Waals surface area (Å²) in [6.45, 7) is 3.36. The molecule has 11 heavy (non-hydrogen) atoms. The van der Waals surface area contributed by atoms with Gasteiger partial charge in [-0.15, -0.1) is 0 Å². The van der Waals surface area contributed by atoms with Crippen molar-refractivity contribution >= 4 is 11.6 Å². The zero-order chi connectivity index (χ0) is 8.10. The Labute approximate surface area is 70.6 Å². The van der Waals surface area contributed by atoms with E-state index in [-0.39, 0.29) is 0 Å². The third kappa shape index (κ3) is 2.50. The second-order valence-electron chi connectivity index (χ2n) is 1.89. The highest BCUT2D eigenvalue weighted by Gasteiger charge is 1.88. The van der Waals surface area contributed by atoms with Gasteiger partial charge in [0.05, 0.1) is 0 Å². The number of ether oxygens (including phenoxy) is 1. The molecule has 0 aliphatic carbocycles. The van der Waals surface area contributed by atoms with Gasteiger partial charge in [-0.05, 0) is 24.3 Å². The average molecular weight is 167 g/mol. The fourth-order valence-electron chi connectivity index (χ4n) is 0.623. The van der Waals surface area contributed by atoms with Crippen LogP contribution in [-0.2, 0) is 0 Å². The Kier molecular flexibility index (Phi) is 2.79. The van der Waals surface area contributed by atoms with E-state index in [2.05, 4.69) is 12.3 Å². The topological polar surface area (TPSA) is 9.23 Å². The number of hydrogen-bond donors (Lipinski definition) is 0. The molecule has 0 aromatic heterocycles. The van der Waals surface area contributed by atoms with Crippen molar-refractivity contribution in [3.63, 3.8) is 0 Å². The van der Waals surface area contributed by atoms with Crippen LogP contribution in [0.25, 0.3) is 0 Å². The van der Waals surface area contributed by atoms with Crippen molar-refractivity contribution in [2.24, 2.45) is 0 Å². The van der Waals surface area contributed by atoms with Gasteiger partial charge in [-0.25, -0.2) is 0 Å². The Hall–Kier alpha value is -1.17. The van der Waals surface area contributed by atoms with Gasteiger partial charge in [0, 0.05) is 5.02 Å². The molecule has 0 saturated heterocycles. The van der Waals surface area contributed by atoms with Crippen molar-refractivity contribution in [2.75, 3.05) is 0 Å². The van der Waals surface area contributed by atoms with Crippen molar-refractivity contribution < 1.29 is 4.74 Å². The molecule has 0 atom stereocenters. The number of benzene rings is 1. The molecule has 0 amide bonds. The third-order valence-corrected chi connectivity index (χ3v) is 1.34. The quantitative estimate of drug-likeness (QED) is 0.485. The SMILES string of the molecule is C=C=COc1ccc(Cl)cc1. The van der Waals surface area contributed by atoms with Crippen molar-refractivity contribution in [1.29, 1.82) is 0 Å². The maximum atomic E-state index is 5.65. The predicted molar refractivity (Wildman–Crippen MR) is 45.8 cm³/mol. The molecule has 0 N–H and O–H groups in total. The van der Waals surface area contributed by atoms with Gasteiger partial charge >= 0.3 is 0 Å². The van der Waals surface area contributed by atoms with Crippen LogP contribution in [-0.4, -0.2) is 0 Å². The first-order chi connectivity index (χ1) is 5.33. The second kappa shape index (κ2) is 3.87. The molecule has 0 unspecified atom stereocenters. The van der Waals surface area contributed by atoms with Crippen LogP contribution in [0.3, 0.4) is 0 Å². The summed E-state index contributed by atoms with van der Waals surface area (Å²) in [5.41, 5.74) is 2.50. The molecule has 0 saturated carbocycles. The lowest BCUT2D eigenvalue weighted by molar-refractivity contribution is 0.482. The Bertz CT molecular complexity index is 270. The lowest BCUT2D eigenvalue weighted by atomic mass is 10.3. The van der Waals surface area contributed by atoms with E-state index >= 15 is 0 Å². The zero-order valence-electron chi connectivity index (χ0n) is 5.88. The molecule has 0 heterocycles. The molecular weight excluding hydrogens is 160 g/mol. The summed E-state index contributed by atoms with van der Waals surface area (Å²) in [4.78, 5) is 0. The molecule has 0 radical (unpaired) electrons. The summed E-state index contributed by atoms with van der Waals surface area (Å²) in [5, 5.41) is 0.694. The van der Waals surface area contributed by atoms with E-state index in [1.165, 1.54) is 6.26 Å². The van der Waals surface area contributed by atoms with Crippen LogP contribution < -0.4 is 4.74 Å². The Morgan fingerprint density at radius 3 is 2.55 bits per heavy atom. The zero-order valence-corrected chi connectivity index (χ0v) is 6.64. The lowest BCUT2D eigenvalue weighted by Crippen LogP contribution is -1.78. The molecule has 1 nitrogen and oxygen atoms in total. The van der Waals surface area contributed by atoms with Gasteiger partial charge in [0.1, 0.15) is 12.0 Å². The van der Waals surface area contributed by atoms with Gasteiger partial charge in [0.25, 0.3) is 0 Å². The molecule has 1 aromatic rings. The second-order valence-corrected chi connectivity index (χ2v) is 2.33. The minimum Gasteiger partial charge on any atom is -0.457 e. The molecule has 0 fully saturated rings. The van der Waals surface area contributed by atoms with Crippen molar-refractivity contribution in [2.45, 2.75) is 0 Å². The highest BCUT2D eigenvalue weighted by molar-refractivity contribution is 6.30. The third-order valence-electron chi connectivity index (χ3n) is 1.09. The van der Waals surface area contributed by atoms with Gasteiger partial charge in [0.2, 0.25) is 0 Å². The van der Waals surface area contributed by atoms with E-state index in [9.17, 15) is 0 Å². The van der Waals surface area contributed by atoms with Crippen LogP contribution in [0.4, 0.5) is 0 Å². The van der Waals surface area contributed by atoms with Crippen molar-refractivity contribution in [1.82, 2.24) is 0 Å². The van der Waals surface area contributed by atoms with Crippen molar-refractivity contribution in [3.05, 3.63) is 47.9 Å². The van der Waals surface area contributed by atoms with E-state index in [0.717, 1.165) is 5.75 Å². The summed E-state index contributed by atoms with van der Waals surface area (Å²) >= 11 is 5.65. The molecule has 0 aliphatic heterocycles. The maximum Gasteiger partial charge on any atom is 0.133 e. The van der Waals surface area contributed by atoms with Crippen LogP contribution in [0, 0.1) is 0 Å². The normalized spacial score (nSPS) is 8.45. The highest BCUT2D eigenvalue weighted by atomic mass is 35.5. The smallest absolute Gasteiger partial charge is 0.133 e. The molecule has 1 rings (SSSR count). The number of hydrogen-bond acceptors (Lipinski definition) is 1. The Morgan fingerprint density at radius 1 is 1.36 bits per heavy atom. The van der Waals surface area contributed by atoms with E-state index < -0.39 is 0 Å². The number of rotatable bonds is 2. The summed E-state index contributed by atoms with van der Waals surface area (Å²) in [6.07, 6.45) is 1.39. The van der Waals surface area contributed by atoms with Gasteiger partial charge in [-0.1, -0.05) is 23.9 Å². The van der Waals surface area contributed by atoms with E-state index in [1.54, 1.807) is 24.3 Å². The molecule has 0 bridgehead atoms. The first-order valence-electron chi connectivity index (χ1n) is 3.09. The number of halogens is 1. The van der Waals surface area contributed by atoms with Crippen LogP contribution >= 0.6 is 11.6 Å². The van der Waals surface area contributed by atoms with E-state index in [0.29, 0.717) is 5.02 Å². The van der Waals surface area contributed by atoms with Gasteiger partial charge in [-0.3, -0.25) is 0 Å². The van der Waals surface area contributed by atoms with E-state index in [1.807, 2.05) is 0 Å². The summed E-state index contributed by atoms with van der Waals surface area (Å²) in [7, 11) is 0. The minimum absolute atomic E-state index is 0.694. The highest BCUT2D eigenvalue weighted by Crippen LogP contribution is 2.15. The molecular formula is C9H7ClO.